The van der Waals surface area contributed by atoms with E-state index in [-0.39, 0.29) is 5.41 Å². The van der Waals surface area contributed by atoms with Crippen LogP contribution in [0.4, 0.5) is 4.79 Å². The summed E-state index contributed by atoms with van der Waals surface area (Å²) in [4.78, 5) is 11.4. The molecule has 2 rings (SSSR count). The fourth-order valence-corrected chi connectivity index (χ4v) is 2.70. The second-order valence-electron chi connectivity index (χ2n) is 6.24. The number of hydrogen-bond acceptors (Lipinski definition) is 3. The molecule has 1 aromatic rings. The molecule has 1 fully saturated rings. The van der Waals surface area contributed by atoms with Gasteiger partial charge in [-0.15, -0.1) is 0 Å². The number of aliphatic hydroxyl groups is 1. The van der Waals surface area contributed by atoms with Crippen LogP contribution in [-0.2, 0) is 10.2 Å². The predicted molar refractivity (Wildman–Crippen MR) is 72.7 cm³/mol. The zero-order chi connectivity index (χ0) is 14.3. The predicted octanol–water partition coefficient (Wildman–Crippen LogP) is 2.56. The molecule has 2 atom stereocenters. The van der Waals surface area contributed by atoms with E-state index < -0.39 is 17.4 Å². The molecule has 4 heteroatoms. The van der Waals surface area contributed by atoms with Crippen LogP contribution in [0.1, 0.15) is 39.7 Å². The first-order chi connectivity index (χ1) is 8.66. The lowest BCUT2D eigenvalue weighted by atomic mass is 9.73. The summed E-state index contributed by atoms with van der Waals surface area (Å²) >= 11 is 0. The number of rotatable bonds is 3. The van der Waals surface area contributed by atoms with Gasteiger partial charge in [0.2, 0.25) is 0 Å². The van der Waals surface area contributed by atoms with Crippen LogP contribution in [-0.4, -0.2) is 22.5 Å². The van der Waals surface area contributed by atoms with E-state index in [1.807, 2.05) is 30.3 Å². The minimum atomic E-state index is -1.36. The van der Waals surface area contributed by atoms with E-state index in [4.69, 9.17) is 4.74 Å². The standard InChI is InChI=1S/C15H21NO3/c1-13(2,11-8-6-5-7-9-11)10-14(3)15(4,18)16-12(17)19-14/h5-9,18H,10H2,1-4H3,(H,16,17)/t14-,15+/m1/s1. The molecule has 0 unspecified atom stereocenters. The van der Waals surface area contributed by atoms with E-state index >= 15 is 0 Å². The number of hydrogen-bond donors (Lipinski definition) is 2. The van der Waals surface area contributed by atoms with Gasteiger partial charge in [-0.1, -0.05) is 44.2 Å². The Kier molecular flexibility index (Phi) is 3.09. The molecule has 1 aliphatic rings. The van der Waals surface area contributed by atoms with E-state index in [0.29, 0.717) is 6.42 Å². The molecule has 1 heterocycles. The minimum Gasteiger partial charge on any atom is -0.438 e. The van der Waals surface area contributed by atoms with Crippen molar-refractivity contribution in [2.24, 2.45) is 0 Å². The van der Waals surface area contributed by atoms with Crippen molar-refractivity contribution >= 4 is 6.09 Å². The van der Waals surface area contributed by atoms with Gasteiger partial charge in [0.05, 0.1) is 0 Å². The van der Waals surface area contributed by atoms with Crippen LogP contribution in [0.5, 0.6) is 0 Å². The number of amides is 1. The average Bonchev–Trinajstić information content (AvgIpc) is 2.47. The second kappa shape index (κ2) is 4.23. The Balaban J connectivity index is 2.27. The van der Waals surface area contributed by atoms with Crippen molar-refractivity contribution in [1.82, 2.24) is 5.32 Å². The summed E-state index contributed by atoms with van der Waals surface area (Å²) in [6, 6.07) is 10.0. The quantitative estimate of drug-likeness (QED) is 0.881. The van der Waals surface area contributed by atoms with E-state index in [0.717, 1.165) is 5.56 Å². The number of carbonyl (C=O) groups excluding carboxylic acids is 1. The van der Waals surface area contributed by atoms with Crippen LogP contribution in [0.3, 0.4) is 0 Å². The number of alkyl carbamates (subject to hydrolysis) is 1. The highest BCUT2D eigenvalue weighted by Crippen LogP contribution is 2.41. The van der Waals surface area contributed by atoms with Gasteiger partial charge in [0.1, 0.15) is 0 Å². The molecule has 2 N–H and O–H groups in total. The molecular formula is C15H21NO3. The lowest BCUT2D eigenvalue weighted by Crippen LogP contribution is -2.55. The van der Waals surface area contributed by atoms with E-state index in [1.165, 1.54) is 0 Å². The van der Waals surface area contributed by atoms with Crippen molar-refractivity contribution in [3.05, 3.63) is 35.9 Å². The topological polar surface area (TPSA) is 58.6 Å². The maximum absolute atomic E-state index is 11.4. The first-order valence-electron chi connectivity index (χ1n) is 6.45. The van der Waals surface area contributed by atoms with Gasteiger partial charge in [0.15, 0.2) is 11.3 Å². The normalized spacial score (nSPS) is 30.9. The molecule has 1 saturated heterocycles. The average molecular weight is 263 g/mol. The zero-order valence-corrected chi connectivity index (χ0v) is 11.9. The number of cyclic esters (lactones) is 1. The molecule has 0 aromatic heterocycles. The number of benzene rings is 1. The van der Waals surface area contributed by atoms with Crippen molar-refractivity contribution < 1.29 is 14.6 Å². The first kappa shape index (κ1) is 13.9. The van der Waals surface area contributed by atoms with E-state index in [2.05, 4.69) is 19.2 Å². The van der Waals surface area contributed by atoms with Crippen LogP contribution in [0, 0.1) is 0 Å². The van der Waals surface area contributed by atoms with Gasteiger partial charge in [-0.2, -0.15) is 0 Å². The van der Waals surface area contributed by atoms with Gasteiger partial charge < -0.3 is 9.84 Å². The van der Waals surface area contributed by atoms with Crippen LogP contribution in [0.2, 0.25) is 0 Å². The lowest BCUT2D eigenvalue weighted by Gasteiger charge is -2.39. The largest absolute Gasteiger partial charge is 0.438 e. The Morgan fingerprint density at radius 2 is 1.84 bits per heavy atom. The summed E-state index contributed by atoms with van der Waals surface area (Å²) in [5.74, 6) is 0. The van der Waals surface area contributed by atoms with E-state index in [9.17, 15) is 9.90 Å². The molecule has 0 spiro atoms. The SMILES string of the molecule is CC(C)(C[C@@]1(C)OC(=O)N[C@@]1(C)O)c1ccccc1. The van der Waals surface area contributed by atoms with Gasteiger partial charge in [-0.05, 0) is 24.8 Å². The zero-order valence-electron chi connectivity index (χ0n) is 11.9. The Morgan fingerprint density at radius 1 is 1.26 bits per heavy atom. The summed E-state index contributed by atoms with van der Waals surface area (Å²) in [7, 11) is 0. The van der Waals surface area contributed by atoms with Crippen molar-refractivity contribution in [2.45, 2.75) is 50.9 Å². The smallest absolute Gasteiger partial charge is 0.410 e. The van der Waals surface area contributed by atoms with Crippen LogP contribution in [0.25, 0.3) is 0 Å². The highest BCUT2D eigenvalue weighted by Gasteiger charge is 2.55. The van der Waals surface area contributed by atoms with Gasteiger partial charge in [0, 0.05) is 6.42 Å². The molecule has 4 nitrogen and oxygen atoms in total. The molecule has 1 aromatic carbocycles. The molecule has 0 radical (unpaired) electrons. The maximum atomic E-state index is 11.4. The van der Waals surface area contributed by atoms with Gasteiger partial charge in [-0.3, -0.25) is 5.32 Å². The molecule has 1 amide bonds. The van der Waals surface area contributed by atoms with E-state index in [1.54, 1.807) is 13.8 Å². The molecular weight excluding hydrogens is 242 g/mol. The third-order valence-electron chi connectivity index (χ3n) is 4.03. The Morgan fingerprint density at radius 3 is 2.32 bits per heavy atom. The molecule has 19 heavy (non-hydrogen) atoms. The number of nitrogens with one attached hydrogen (secondary N) is 1. The Labute approximate surface area is 113 Å². The minimum absolute atomic E-state index is 0.216. The lowest BCUT2D eigenvalue weighted by molar-refractivity contribution is -0.106. The van der Waals surface area contributed by atoms with Crippen molar-refractivity contribution in [3.8, 4) is 0 Å². The molecule has 0 bridgehead atoms. The molecule has 1 aliphatic heterocycles. The van der Waals surface area contributed by atoms with Gasteiger partial charge in [0.25, 0.3) is 0 Å². The number of ether oxygens (including phenoxy) is 1. The van der Waals surface area contributed by atoms with Gasteiger partial charge in [-0.25, -0.2) is 4.79 Å². The fraction of sp³-hybridized carbons (Fsp3) is 0.533. The van der Waals surface area contributed by atoms with Crippen molar-refractivity contribution in [3.63, 3.8) is 0 Å². The summed E-state index contributed by atoms with van der Waals surface area (Å²) in [6.45, 7) is 7.49. The third-order valence-corrected chi connectivity index (χ3v) is 4.03. The van der Waals surface area contributed by atoms with Crippen LogP contribution in [0.15, 0.2) is 30.3 Å². The Hall–Kier alpha value is -1.55. The second-order valence-corrected chi connectivity index (χ2v) is 6.24. The fourth-order valence-electron chi connectivity index (χ4n) is 2.70. The Bertz CT molecular complexity index is 481. The first-order valence-corrected chi connectivity index (χ1v) is 6.45. The summed E-state index contributed by atoms with van der Waals surface area (Å²) in [5, 5.41) is 12.8. The van der Waals surface area contributed by atoms with Crippen LogP contribution >= 0.6 is 0 Å². The van der Waals surface area contributed by atoms with Crippen molar-refractivity contribution in [1.29, 1.82) is 0 Å². The molecule has 0 saturated carbocycles. The highest BCUT2D eigenvalue weighted by atomic mass is 16.6. The van der Waals surface area contributed by atoms with Crippen LogP contribution < -0.4 is 5.32 Å². The summed E-state index contributed by atoms with van der Waals surface area (Å²) in [6.07, 6.45) is -0.0492. The maximum Gasteiger partial charge on any atom is 0.410 e. The van der Waals surface area contributed by atoms with Gasteiger partial charge >= 0.3 is 6.09 Å². The third kappa shape index (κ3) is 2.45. The summed E-state index contributed by atoms with van der Waals surface area (Å²) < 4.78 is 5.32. The molecule has 104 valence electrons. The number of carbonyl (C=O) groups is 1. The highest BCUT2D eigenvalue weighted by molar-refractivity contribution is 5.71. The van der Waals surface area contributed by atoms with Crippen molar-refractivity contribution in [2.75, 3.05) is 0 Å². The monoisotopic (exact) mass is 263 g/mol. The summed E-state index contributed by atoms with van der Waals surface area (Å²) in [5.41, 5.74) is -1.39. The molecule has 0 aliphatic carbocycles.